The van der Waals surface area contributed by atoms with Gasteiger partial charge < -0.3 is 27.5 Å². The van der Waals surface area contributed by atoms with Crippen molar-refractivity contribution >= 4 is 0 Å². The van der Waals surface area contributed by atoms with Crippen molar-refractivity contribution in [2.75, 3.05) is 0 Å². The molecule has 290 valence electrons. The maximum Gasteiger partial charge on any atom is 0.316 e. The summed E-state index contributed by atoms with van der Waals surface area (Å²) in [5.41, 5.74) is 2.31. The van der Waals surface area contributed by atoms with E-state index in [9.17, 15) is 0 Å². The minimum Gasteiger partial charge on any atom is -0.412 e. The van der Waals surface area contributed by atoms with Crippen LogP contribution in [0.2, 0.25) is 0 Å². The highest BCUT2D eigenvalue weighted by Gasteiger charge is 2.31. The van der Waals surface area contributed by atoms with Gasteiger partial charge in [0.25, 0.3) is 17.6 Å². The van der Waals surface area contributed by atoms with Crippen LogP contribution in [0, 0.1) is 0 Å². The second-order valence-corrected chi connectivity index (χ2v) is 11.4. The van der Waals surface area contributed by atoms with Crippen LogP contribution in [-0.4, -0.2) is 153 Å². The zero-order valence-corrected chi connectivity index (χ0v) is 28.3. The molecular weight excluding hydrogens is 804 g/mol. The number of nitrogens with zero attached hydrogens (tertiary/aromatic N) is 24. The van der Waals surface area contributed by atoms with Gasteiger partial charge in [-0.05, 0) is 5.16 Å². The summed E-state index contributed by atoms with van der Waals surface area (Å²) in [6, 6.07) is 0. The number of nitrogens with one attached hydrogen (secondary N) is 6. The Labute approximate surface area is 320 Å². The fourth-order valence-electron chi connectivity index (χ4n) is 5.34. The van der Waals surface area contributed by atoms with Crippen LogP contribution in [0.1, 0.15) is 0 Å². The van der Waals surface area contributed by atoms with E-state index < -0.39 is 0 Å². The van der Waals surface area contributed by atoms with Gasteiger partial charge in [-0.25, -0.2) is 14.6 Å². The average molecular weight is 813 g/mol. The lowest BCUT2D eigenvalue weighted by Crippen LogP contribution is -1.90. The molecule has 0 fully saturated rings. The van der Waals surface area contributed by atoms with Crippen LogP contribution in [0.3, 0.4) is 0 Å². The highest BCUT2D eigenvalue weighted by molar-refractivity contribution is 5.81. The molecule has 36 nitrogen and oxygen atoms in total. The highest BCUT2D eigenvalue weighted by atomic mass is 16.6. The molecule has 36 heteroatoms. The number of rotatable bonds is 11. The Hall–Kier alpha value is -10.3. The van der Waals surface area contributed by atoms with Gasteiger partial charge in [0.05, 0.1) is 6.20 Å². The van der Waals surface area contributed by atoms with E-state index in [2.05, 4.69) is 158 Å². The molecule has 60 heavy (non-hydrogen) atoms. The van der Waals surface area contributed by atoms with E-state index in [0.29, 0.717) is 28.5 Å². The van der Waals surface area contributed by atoms with Crippen molar-refractivity contribution in [2.45, 2.75) is 0 Å². The fourth-order valence-corrected chi connectivity index (χ4v) is 5.34. The molecule has 0 saturated carbocycles. The summed E-state index contributed by atoms with van der Waals surface area (Å²) in [4.78, 5) is 20.3. The van der Waals surface area contributed by atoms with Crippen LogP contribution in [0.25, 0.3) is 127 Å². The van der Waals surface area contributed by atoms with Crippen molar-refractivity contribution in [3.05, 3.63) is 12.4 Å². The van der Waals surface area contributed by atoms with Gasteiger partial charge in [-0.15, -0.1) is 51.0 Å². The Kier molecular flexibility index (Phi) is 6.72. The number of hydrogen-bond donors (Lipinski definition) is 6. The second-order valence-electron chi connectivity index (χ2n) is 11.4. The largest absolute Gasteiger partial charge is 0.412 e. The van der Waals surface area contributed by atoms with Crippen molar-refractivity contribution in [1.82, 2.24) is 153 Å². The van der Waals surface area contributed by atoms with Crippen LogP contribution in [0.4, 0.5) is 0 Å². The Morgan fingerprint density at radius 2 is 1.22 bits per heavy atom. The molecule has 0 aliphatic rings. The molecule has 0 atom stereocenters. The van der Waals surface area contributed by atoms with Crippen LogP contribution in [0.5, 0.6) is 0 Å². The molecule has 6 N–H and O–H groups in total. The van der Waals surface area contributed by atoms with Gasteiger partial charge in [0, 0.05) is 10.5 Å². The van der Waals surface area contributed by atoms with E-state index in [1.54, 1.807) is 0 Å². The molecular formula is C24H8N30O6. The Bertz CT molecular complexity index is 3150. The maximum absolute atomic E-state index is 5.70. The summed E-state index contributed by atoms with van der Waals surface area (Å²) in [6.45, 7) is 0. The molecule has 0 unspecified atom stereocenters. The number of aromatic nitrogens is 30. The molecule has 0 saturated heterocycles. The molecule has 0 spiro atoms. The van der Waals surface area contributed by atoms with Crippen LogP contribution in [-0.2, 0) is 0 Å². The normalized spacial score (nSPS) is 11.7. The monoisotopic (exact) mass is 812 g/mol. The average Bonchev–Trinajstić information content (AvgIpc) is 4.12. The number of aromatic amines is 6. The van der Waals surface area contributed by atoms with Gasteiger partial charge >= 0.3 is 11.8 Å². The van der Waals surface area contributed by atoms with Gasteiger partial charge in [-0.1, -0.05) is 25.9 Å². The number of H-pyrrole nitrogens is 6. The molecule has 0 amide bonds. The smallest absolute Gasteiger partial charge is 0.316 e. The number of hydrogen-bond acceptors (Lipinski definition) is 30. The second kappa shape index (κ2) is 12.6. The quantitative estimate of drug-likeness (QED) is 0.0914. The summed E-state index contributed by atoms with van der Waals surface area (Å²) in [6.07, 6.45) is 2.79. The third-order valence-electron chi connectivity index (χ3n) is 7.96. The first-order chi connectivity index (χ1) is 29.7. The topological polar surface area (TPSA) is 483 Å². The summed E-state index contributed by atoms with van der Waals surface area (Å²) < 4.78 is 31.4. The van der Waals surface area contributed by atoms with Gasteiger partial charge in [0.2, 0.25) is 40.5 Å². The standard InChI is InChI=1S/C24H8N30O6/c1-3(32-50-25-1)5-7(34-51-33-5)8-9(36-52-35-8)13-27-14(40-39-13)15-28-16(42-41-15)17-29-18(44-43-17)19-30-23(58-48-19)24-31-20(49-59-24)22-46-45-21(55-22)10-12(57-54-38-10)11-6(37-53-56-11)4-2-26-60-47-4/h1-2H,(H,25,32,50)(H,27,39,40)(H,28,41,42)(H,29,43,44)(H,33,34,51)(H,35,36,52). The zero-order chi connectivity index (χ0) is 39.6. The summed E-state index contributed by atoms with van der Waals surface area (Å²) >= 11 is 0. The minimum atomic E-state index is -0.192. The minimum absolute atomic E-state index is 0.00658. The Balaban J connectivity index is 0.747. The lowest BCUT2D eigenvalue weighted by molar-refractivity contribution is 0.308. The maximum atomic E-state index is 5.70. The zero-order valence-electron chi connectivity index (χ0n) is 28.3. The predicted molar refractivity (Wildman–Crippen MR) is 173 cm³/mol. The van der Waals surface area contributed by atoms with E-state index in [1.165, 1.54) is 12.4 Å². The van der Waals surface area contributed by atoms with Crippen molar-refractivity contribution in [2.24, 2.45) is 0 Å². The van der Waals surface area contributed by atoms with E-state index in [-0.39, 0.29) is 98.8 Å². The molecule has 0 aromatic carbocycles. The molecule has 0 aliphatic heterocycles. The molecule has 12 aromatic rings. The molecule has 0 aliphatic carbocycles. The SMILES string of the molecule is c1nonc1-c1nnoc1-c1onnc1-c1nnc(-c2noc(-c3nc(-c4n[nH]c(-c5nc(-c6nnc(-c7n[nH]nc7-c7nn[nH]c7-c7cnn[nH]7)[nH]6)n[nH]5)n4)no3)n2)o1. The molecule has 0 bridgehead atoms. The van der Waals surface area contributed by atoms with Gasteiger partial charge in [-0.3, -0.25) is 20.4 Å². The lowest BCUT2D eigenvalue weighted by Gasteiger charge is -1.96. The van der Waals surface area contributed by atoms with E-state index >= 15 is 0 Å². The molecule has 0 radical (unpaired) electrons. The van der Waals surface area contributed by atoms with Crippen molar-refractivity contribution < 1.29 is 27.1 Å². The van der Waals surface area contributed by atoms with Gasteiger partial charge in [-0.2, -0.15) is 25.4 Å². The molecule has 12 rings (SSSR count). The third kappa shape index (κ3) is 5.18. The van der Waals surface area contributed by atoms with Gasteiger partial charge in [0.15, 0.2) is 34.6 Å². The van der Waals surface area contributed by atoms with Crippen LogP contribution in [0.15, 0.2) is 39.5 Å². The van der Waals surface area contributed by atoms with Crippen molar-refractivity contribution in [3.63, 3.8) is 0 Å². The molecule has 12 aromatic heterocycles. The third-order valence-corrected chi connectivity index (χ3v) is 7.96. The lowest BCUT2D eigenvalue weighted by atomic mass is 10.1. The van der Waals surface area contributed by atoms with E-state index in [1.807, 2.05) is 0 Å². The Morgan fingerprint density at radius 3 is 2.05 bits per heavy atom. The summed E-state index contributed by atoms with van der Waals surface area (Å²) in [5, 5.41) is 91.9. The first-order valence-electron chi connectivity index (χ1n) is 16.1. The summed E-state index contributed by atoms with van der Waals surface area (Å²) in [5.74, 6) is 0.0229. The fraction of sp³-hybridized carbons (Fsp3) is 0. The first kappa shape index (κ1) is 32.0. The van der Waals surface area contributed by atoms with Gasteiger partial charge in [0.1, 0.15) is 29.0 Å². The van der Waals surface area contributed by atoms with E-state index in [4.69, 9.17) is 22.5 Å². The first-order valence-corrected chi connectivity index (χ1v) is 16.1. The van der Waals surface area contributed by atoms with E-state index in [0.717, 1.165) is 0 Å². The van der Waals surface area contributed by atoms with Crippen molar-refractivity contribution in [1.29, 1.82) is 0 Å². The van der Waals surface area contributed by atoms with Crippen molar-refractivity contribution in [3.8, 4) is 127 Å². The summed E-state index contributed by atoms with van der Waals surface area (Å²) in [7, 11) is 0. The van der Waals surface area contributed by atoms with Crippen LogP contribution < -0.4 is 0 Å². The molecule has 12 heterocycles. The Morgan fingerprint density at radius 1 is 0.467 bits per heavy atom. The predicted octanol–water partition coefficient (Wildman–Crippen LogP) is -0.970. The van der Waals surface area contributed by atoms with Crippen LogP contribution >= 0.6 is 0 Å². The highest BCUT2D eigenvalue weighted by Crippen LogP contribution is 2.36.